The number of carbonyl (C=O) groups excluding carboxylic acids is 1. The molecule has 9 heteroatoms. The minimum Gasteiger partial charge on any atom is -0.497 e. The second kappa shape index (κ2) is 8.81. The van der Waals surface area contributed by atoms with E-state index in [4.69, 9.17) is 9.47 Å². The first kappa shape index (κ1) is 21.1. The number of benzene rings is 2. The Balaban J connectivity index is 1.74. The molecule has 1 amide bonds. The second-order valence-electron chi connectivity index (χ2n) is 6.79. The van der Waals surface area contributed by atoms with Crippen LogP contribution in [0, 0.1) is 0 Å². The zero-order valence-corrected chi connectivity index (χ0v) is 17.5. The van der Waals surface area contributed by atoms with E-state index in [2.05, 4.69) is 10.2 Å². The van der Waals surface area contributed by atoms with Gasteiger partial charge < -0.3 is 19.7 Å². The number of amides is 1. The number of anilines is 1. The lowest BCUT2D eigenvalue weighted by atomic mass is 10.2. The molecule has 0 aromatic heterocycles. The van der Waals surface area contributed by atoms with Gasteiger partial charge in [0.25, 0.3) is 5.91 Å². The number of carbonyl (C=O) groups is 1. The summed E-state index contributed by atoms with van der Waals surface area (Å²) in [4.78, 5) is 14.8. The summed E-state index contributed by atoms with van der Waals surface area (Å²) in [6.07, 6.45) is 0. The van der Waals surface area contributed by atoms with Crippen LogP contribution in [-0.2, 0) is 10.0 Å². The molecule has 2 aromatic carbocycles. The molecule has 0 spiro atoms. The SMILES string of the molecule is COc1cc(NC(=O)c2ccc(S(=O)(=O)N3CCN(C)CC3)cc2)cc(OC)c1. The van der Waals surface area contributed by atoms with Crippen LogP contribution >= 0.6 is 0 Å². The van der Waals surface area contributed by atoms with Gasteiger partial charge in [0.15, 0.2) is 0 Å². The molecule has 156 valence electrons. The van der Waals surface area contributed by atoms with Crippen LogP contribution in [0.3, 0.4) is 0 Å². The van der Waals surface area contributed by atoms with Crippen LogP contribution in [0.25, 0.3) is 0 Å². The predicted molar refractivity (Wildman–Crippen MR) is 110 cm³/mol. The van der Waals surface area contributed by atoms with Gasteiger partial charge in [0.2, 0.25) is 10.0 Å². The summed E-state index contributed by atoms with van der Waals surface area (Å²) in [5.74, 6) is 0.741. The third kappa shape index (κ3) is 4.87. The highest BCUT2D eigenvalue weighted by atomic mass is 32.2. The average molecular weight is 420 g/mol. The fraction of sp³-hybridized carbons (Fsp3) is 0.350. The van der Waals surface area contributed by atoms with E-state index in [1.807, 2.05) is 7.05 Å². The molecule has 0 saturated carbocycles. The van der Waals surface area contributed by atoms with Gasteiger partial charge in [0, 0.05) is 55.6 Å². The molecule has 0 radical (unpaired) electrons. The Morgan fingerprint density at radius 3 is 2.00 bits per heavy atom. The molecule has 0 unspecified atom stereocenters. The topological polar surface area (TPSA) is 88.2 Å². The number of rotatable bonds is 6. The van der Waals surface area contributed by atoms with Crippen molar-refractivity contribution in [2.45, 2.75) is 4.90 Å². The standard InChI is InChI=1S/C20H25N3O5S/c1-22-8-10-23(11-9-22)29(25,26)19-6-4-15(5-7-19)20(24)21-16-12-17(27-2)14-18(13-16)28-3/h4-7,12-14H,8-11H2,1-3H3,(H,21,24). The van der Waals surface area contributed by atoms with Gasteiger partial charge in [0.1, 0.15) is 11.5 Å². The summed E-state index contributed by atoms with van der Waals surface area (Å²) in [5.41, 5.74) is 0.865. The number of ether oxygens (including phenoxy) is 2. The molecule has 2 aromatic rings. The van der Waals surface area contributed by atoms with Gasteiger partial charge in [-0.15, -0.1) is 0 Å². The summed E-state index contributed by atoms with van der Waals surface area (Å²) in [7, 11) is 1.46. The number of methoxy groups -OCH3 is 2. The molecule has 1 aliphatic heterocycles. The first-order chi connectivity index (χ1) is 13.8. The lowest BCUT2D eigenvalue weighted by Gasteiger charge is -2.31. The molecule has 1 heterocycles. The quantitative estimate of drug-likeness (QED) is 0.769. The van der Waals surface area contributed by atoms with Crippen molar-refractivity contribution >= 4 is 21.6 Å². The van der Waals surface area contributed by atoms with E-state index in [0.717, 1.165) is 0 Å². The molecular weight excluding hydrogens is 394 g/mol. The van der Waals surface area contributed by atoms with Crippen LogP contribution < -0.4 is 14.8 Å². The number of nitrogens with zero attached hydrogens (tertiary/aromatic N) is 2. The molecule has 0 atom stereocenters. The van der Waals surface area contributed by atoms with Gasteiger partial charge in [-0.3, -0.25) is 4.79 Å². The molecule has 1 fully saturated rings. The van der Waals surface area contributed by atoms with Crippen molar-refractivity contribution in [2.75, 3.05) is 52.8 Å². The summed E-state index contributed by atoms with van der Waals surface area (Å²) >= 11 is 0. The van der Waals surface area contributed by atoms with Gasteiger partial charge in [-0.2, -0.15) is 4.31 Å². The normalized spacial score (nSPS) is 15.7. The Bertz CT molecular complexity index is 946. The fourth-order valence-corrected chi connectivity index (χ4v) is 4.46. The van der Waals surface area contributed by atoms with E-state index in [9.17, 15) is 13.2 Å². The minimum atomic E-state index is -3.56. The Kier molecular flexibility index (Phi) is 6.41. The fourth-order valence-electron chi connectivity index (χ4n) is 3.04. The number of nitrogens with one attached hydrogen (secondary N) is 1. The van der Waals surface area contributed by atoms with Gasteiger partial charge in [-0.05, 0) is 31.3 Å². The number of hydrogen-bond acceptors (Lipinski definition) is 6. The van der Waals surface area contributed by atoms with Crippen molar-refractivity contribution in [3.05, 3.63) is 48.0 Å². The highest BCUT2D eigenvalue weighted by Crippen LogP contribution is 2.26. The van der Waals surface area contributed by atoms with E-state index < -0.39 is 10.0 Å². The summed E-state index contributed by atoms with van der Waals surface area (Å²) < 4.78 is 37.4. The molecule has 1 saturated heterocycles. The molecule has 0 aliphatic carbocycles. The number of piperazine rings is 1. The van der Waals surface area contributed by atoms with Gasteiger partial charge >= 0.3 is 0 Å². The van der Waals surface area contributed by atoms with E-state index in [1.54, 1.807) is 18.2 Å². The van der Waals surface area contributed by atoms with Gasteiger partial charge in [-0.1, -0.05) is 0 Å². The maximum absolute atomic E-state index is 12.8. The zero-order valence-electron chi connectivity index (χ0n) is 16.7. The highest BCUT2D eigenvalue weighted by molar-refractivity contribution is 7.89. The monoisotopic (exact) mass is 419 g/mol. The second-order valence-corrected chi connectivity index (χ2v) is 8.73. The number of hydrogen-bond donors (Lipinski definition) is 1. The Labute approximate surface area is 171 Å². The molecule has 3 rings (SSSR count). The summed E-state index contributed by atoms with van der Waals surface area (Å²) in [6.45, 7) is 2.31. The van der Waals surface area contributed by atoms with E-state index in [0.29, 0.717) is 48.9 Å². The molecule has 1 aliphatic rings. The van der Waals surface area contributed by atoms with E-state index in [1.165, 1.54) is 42.8 Å². The van der Waals surface area contributed by atoms with Crippen molar-refractivity contribution in [2.24, 2.45) is 0 Å². The van der Waals surface area contributed by atoms with E-state index >= 15 is 0 Å². The zero-order chi connectivity index (χ0) is 21.0. The van der Waals surface area contributed by atoms with Crippen molar-refractivity contribution in [1.82, 2.24) is 9.21 Å². The van der Waals surface area contributed by atoms with Crippen LogP contribution in [0.5, 0.6) is 11.5 Å². The summed E-state index contributed by atoms with van der Waals surface area (Å²) in [5, 5.41) is 2.77. The maximum Gasteiger partial charge on any atom is 0.255 e. The number of likely N-dealkylation sites (N-methyl/N-ethyl adjacent to an activating group) is 1. The Morgan fingerprint density at radius 1 is 0.931 bits per heavy atom. The van der Waals surface area contributed by atoms with Crippen LogP contribution in [0.2, 0.25) is 0 Å². The Morgan fingerprint density at radius 2 is 1.48 bits per heavy atom. The first-order valence-electron chi connectivity index (χ1n) is 9.16. The Hall–Kier alpha value is -2.62. The van der Waals surface area contributed by atoms with Crippen molar-refractivity contribution in [3.8, 4) is 11.5 Å². The molecule has 0 bridgehead atoms. The third-order valence-corrected chi connectivity index (χ3v) is 6.74. The molecule has 1 N–H and O–H groups in total. The van der Waals surface area contributed by atoms with Crippen LogP contribution in [-0.4, -0.2) is 71.0 Å². The molecular formula is C20H25N3O5S. The van der Waals surface area contributed by atoms with Crippen LogP contribution in [0.1, 0.15) is 10.4 Å². The highest BCUT2D eigenvalue weighted by Gasteiger charge is 2.27. The minimum absolute atomic E-state index is 0.182. The van der Waals surface area contributed by atoms with Gasteiger partial charge in [0.05, 0.1) is 19.1 Å². The van der Waals surface area contributed by atoms with Crippen LogP contribution in [0.15, 0.2) is 47.4 Å². The lowest BCUT2D eigenvalue weighted by Crippen LogP contribution is -2.47. The van der Waals surface area contributed by atoms with E-state index in [-0.39, 0.29) is 10.8 Å². The maximum atomic E-state index is 12.8. The first-order valence-corrected chi connectivity index (χ1v) is 10.6. The van der Waals surface area contributed by atoms with Crippen molar-refractivity contribution in [3.63, 3.8) is 0 Å². The summed E-state index contributed by atoms with van der Waals surface area (Å²) in [6, 6.07) is 11.0. The lowest BCUT2D eigenvalue weighted by molar-refractivity contribution is 0.102. The number of sulfonamides is 1. The van der Waals surface area contributed by atoms with Crippen molar-refractivity contribution < 1.29 is 22.7 Å². The van der Waals surface area contributed by atoms with Crippen LogP contribution in [0.4, 0.5) is 5.69 Å². The largest absolute Gasteiger partial charge is 0.497 e. The molecule has 8 nitrogen and oxygen atoms in total. The van der Waals surface area contributed by atoms with Gasteiger partial charge in [-0.25, -0.2) is 8.42 Å². The third-order valence-electron chi connectivity index (χ3n) is 4.83. The predicted octanol–water partition coefficient (Wildman–Crippen LogP) is 1.89. The smallest absolute Gasteiger partial charge is 0.255 e. The van der Waals surface area contributed by atoms with Crippen molar-refractivity contribution in [1.29, 1.82) is 0 Å². The average Bonchev–Trinajstić information content (AvgIpc) is 2.73. The molecule has 29 heavy (non-hydrogen) atoms.